The zero-order valence-corrected chi connectivity index (χ0v) is 12.1. The fourth-order valence-corrected chi connectivity index (χ4v) is 2.14. The monoisotopic (exact) mass is 276 g/mol. The summed E-state index contributed by atoms with van der Waals surface area (Å²) >= 11 is 5.98. The lowest BCUT2D eigenvalue weighted by atomic mass is 10.1. The van der Waals surface area contributed by atoms with Crippen LogP contribution in [0.5, 0.6) is 11.5 Å². The van der Waals surface area contributed by atoms with E-state index in [9.17, 15) is 5.11 Å². The first-order valence-electron chi connectivity index (χ1n) is 6.16. The number of halogens is 1. The van der Waals surface area contributed by atoms with Crippen LogP contribution in [0.4, 0.5) is 0 Å². The maximum absolute atomic E-state index is 9.34. The minimum Gasteiger partial charge on any atom is -0.457 e. The fourth-order valence-electron chi connectivity index (χ4n) is 1.98. The molecule has 0 radical (unpaired) electrons. The number of aryl methyl sites for hydroxylation is 2. The molecule has 2 aromatic rings. The van der Waals surface area contributed by atoms with Gasteiger partial charge in [-0.2, -0.15) is 0 Å². The van der Waals surface area contributed by atoms with Gasteiger partial charge in [-0.1, -0.05) is 23.7 Å². The van der Waals surface area contributed by atoms with Gasteiger partial charge in [0, 0.05) is 10.6 Å². The Kier molecular flexibility index (Phi) is 4.13. The Bertz CT molecular complexity index is 606. The van der Waals surface area contributed by atoms with Crippen LogP contribution < -0.4 is 4.74 Å². The van der Waals surface area contributed by atoms with Crippen LogP contribution in [0, 0.1) is 20.8 Å². The highest BCUT2D eigenvalue weighted by Gasteiger charge is 2.09. The number of rotatable bonds is 3. The summed E-state index contributed by atoms with van der Waals surface area (Å²) in [6.45, 7) is 6.04. The summed E-state index contributed by atoms with van der Waals surface area (Å²) in [5.74, 6) is 1.40. The Morgan fingerprint density at radius 1 is 1.05 bits per heavy atom. The molecule has 0 aliphatic rings. The molecule has 0 unspecified atom stereocenters. The third kappa shape index (κ3) is 3.09. The first-order chi connectivity index (χ1) is 9.01. The second-order valence-corrected chi connectivity index (χ2v) is 5.15. The van der Waals surface area contributed by atoms with Crippen molar-refractivity contribution < 1.29 is 9.84 Å². The number of hydrogen-bond acceptors (Lipinski definition) is 2. The van der Waals surface area contributed by atoms with E-state index >= 15 is 0 Å². The van der Waals surface area contributed by atoms with Crippen LogP contribution in [0.1, 0.15) is 22.3 Å². The van der Waals surface area contributed by atoms with Crippen molar-refractivity contribution in [2.75, 3.05) is 0 Å². The first-order valence-corrected chi connectivity index (χ1v) is 6.54. The second-order valence-electron chi connectivity index (χ2n) is 4.72. The minimum atomic E-state index is -0.0731. The Labute approximate surface area is 118 Å². The molecular weight excluding hydrogens is 260 g/mol. The number of hydrogen-bond donors (Lipinski definition) is 1. The van der Waals surface area contributed by atoms with Crippen molar-refractivity contribution >= 4 is 11.6 Å². The zero-order valence-electron chi connectivity index (χ0n) is 11.3. The van der Waals surface area contributed by atoms with E-state index in [0.717, 1.165) is 22.4 Å². The van der Waals surface area contributed by atoms with Gasteiger partial charge in [-0.3, -0.25) is 0 Å². The van der Waals surface area contributed by atoms with Crippen molar-refractivity contribution in [3.05, 3.63) is 57.6 Å². The predicted molar refractivity (Wildman–Crippen MR) is 78.1 cm³/mol. The summed E-state index contributed by atoms with van der Waals surface area (Å²) in [7, 11) is 0. The number of aliphatic hydroxyl groups is 1. The fraction of sp³-hybridized carbons (Fsp3) is 0.250. The number of aliphatic hydroxyl groups excluding tert-OH is 1. The van der Waals surface area contributed by atoms with E-state index < -0.39 is 0 Å². The van der Waals surface area contributed by atoms with Gasteiger partial charge in [0.05, 0.1) is 6.61 Å². The van der Waals surface area contributed by atoms with Crippen LogP contribution in [0.25, 0.3) is 0 Å². The van der Waals surface area contributed by atoms with Crippen LogP contribution in [0.15, 0.2) is 30.3 Å². The zero-order chi connectivity index (χ0) is 14.0. The summed E-state index contributed by atoms with van der Waals surface area (Å²) in [5.41, 5.74) is 4.14. The molecule has 0 aliphatic heterocycles. The van der Waals surface area contributed by atoms with E-state index in [0.29, 0.717) is 10.8 Å². The van der Waals surface area contributed by atoms with Gasteiger partial charge in [0.2, 0.25) is 0 Å². The van der Waals surface area contributed by atoms with E-state index in [4.69, 9.17) is 16.3 Å². The molecule has 1 N–H and O–H groups in total. The van der Waals surface area contributed by atoms with Gasteiger partial charge < -0.3 is 9.84 Å². The topological polar surface area (TPSA) is 29.5 Å². The van der Waals surface area contributed by atoms with Gasteiger partial charge in [-0.25, -0.2) is 0 Å². The lowest BCUT2D eigenvalue weighted by Crippen LogP contribution is -1.95. The van der Waals surface area contributed by atoms with Crippen molar-refractivity contribution in [1.29, 1.82) is 0 Å². The largest absolute Gasteiger partial charge is 0.457 e. The van der Waals surface area contributed by atoms with E-state index in [2.05, 4.69) is 13.0 Å². The maximum atomic E-state index is 9.34. The van der Waals surface area contributed by atoms with E-state index in [-0.39, 0.29) is 6.61 Å². The molecule has 0 amide bonds. The molecule has 0 heterocycles. The molecule has 0 fully saturated rings. The SMILES string of the molecule is Cc1cc(C)c(C)c(Oc2cc(Cl)ccc2CO)c1. The predicted octanol–water partition coefficient (Wildman–Crippen LogP) is 4.55. The molecule has 0 aromatic heterocycles. The Morgan fingerprint density at radius 3 is 2.47 bits per heavy atom. The highest BCUT2D eigenvalue weighted by atomic mass is 35.5. The number of ether oxygens (including phenoxy) is 1. The third-order valence-corrected chi connectivity index (χ3v) is 3.42. The Balaban J connectivity index is 2.44. The van der Waals surface area contributed by atoms with Crippen LogP contribution >= 0.6 is 11.6 Å². The van der Waals surface area contributed by atoms with Gasteiger partial charge in [0.15, 0.2) is 0 Å². The average molecular weight is 277 g/mol. The Hall–Kier alpha value is -1.51. The van der Waals surface area contributed by atoms with Gasteiger partial charge in [-0.15, -0.1) is 0 Å². The third-order valence-electron chi connectivity index (χ3n) is 3.18. The molecule has 0 aliphatic carbocycles. The lowest BCUT2D eigenvalue weighted by Gasteiger charge is -2.14. The van der Waals surface area contributed by atoms with Crippen molar-refractivity contribution in [3.8, 4) is 11.5 Å². The summed E-state index contributed by atoms with van der Waals surface area (Å²) in [5, 5.41) is 9.93. The highest BCUT2D eigenvalue weighted by molar-refractivity contribution is 6.30. The van der Waals surface area contributed by atoms with Crippen molar-refractivity contribution in [2.24, 2.45) is 0 Å². The lowest BCUT2D eigenvalue weighted by molar-refractivity contribution is 0.276. The summed E-state index contributed by atoms with van der Waals surface area (Å²) in [6, 6.07) is 9.35. The summed E-state index contributed by atoms with van der Waals surface area (Å²) in [6.07, 6.45) is 0. The van der Waals surface area contributed by atoms with Crippen LogP contribution in [0.3, 0.4) is 0 Å². The van der Waals surface area contributed by atoms with Gasteiger partial charge in [0.25, 0.3) is 0 Å². The second kappa shape index (κ2) is 5.64. The van der Waals surface area contributed by atoms with Gasteiger partial charge in [-0.05, 0) is 55.7 Å². The molecule has 0 atom stereocenters. The minimum absolute atomic E-state index is 0.0731. The summed E-state index contributed by atoms with van der Waals surface area (Å²) in [4.78, 5) is 0. The average Bonchev–Trinajstić information content (AvgIpc) is 2.35. The Morgan fingerprint density at radius 2 is 1.79 bits per heavy atom. The quantitative estimate of drug-likeness (QED) is 0.891. The van der Waals surface area contributed by atoms with E-state index in [1.807, 2.05) is 19.9 Å². The first kappa shape index (κ1) is 13.9. The van der Waals surface area contributed by atoms with Crippen molar-refractivity contribution in [1.82, 2.24) is 0 Å². The molecule has 2 nitrogen and oxygen atoms in total. The van der Waals surface area contributed by atoms with Crippen molar-refractivity contribution in [3.63, 3.8) is 0 Å². The molecular formula is C16H17ClO2. The van der Waals surface area contributed by atoms with Crippen LogP contribution in [0.2, 0.25) is 5.02 Å². The number of benzene rings is 2. The molecule has 0 saturated heterocycles. The van der Waals surface area contributed by atoms with Crippen molar-refractivity contribution in [2.45, 2.75) is 27.4 Å². The highest BCUT2D eigenvalue weighted by Crippen LogP contribution is 2.32. The molecule has 0 saturated carbocycles. The van der Waals surface area contributed by atoms with E-state index in [1.165, 1.54) is 5.56 Å². The summed E-state index contributed by atoms with van der Waals surface area (Å²) < 4.78 is 5.93. The maximum Gasteiger partial charge on any atom is 0.134 e. The normalized spacial score (nSPS) is 10.6. The van der Waals surface area contributed by atoms with Crippen LogP contribution in [-0.2, 0) is 6.61 Å². The van der Waals surface area contributed by atoms with Crippen LogP contribution in [-0.4, -0.2) is 5.11 Å². The molecule has 3 heteroatoms. The van der Waals surface area contributed by atoms with Gasteiger partial charge >= 0.3 is 0 Å². The molecule has 2 aromatic carbocycles. The molecule has 0 spiro atoms. The smallest absolute Gasteiger partial charge is 0.134 e. The molecule has 100 valence electrons. The standard InChI is InChI=1S/C16H17ClO2/c1-10-6-11(2)12(3)15(7-10)19-16-8-14(17)5-4-13(16)9-18/h4-8,18H,9H2,1-3H3. The molecule has 2 rings (SSSR count). The van der Waals surface area contributed by atoms with Gasteiger partial charge in [0.1, 0.15) is 11.5 Å². The molecule has 0 bridgehead atoms. The molecule has 19 heavy (non-hydrogen) atoms. The van der Waals surface area contributed by atoms with E-state index in [1.54, 1.807) is 18.2 Å².